The Morgan fingerprint density at radius 3 is 1.26 bits per heavy atom. The van der Waals surface area contributed by atoms with Crippen LogP contribution >= 0.6 is 0 Å². The van der Waals surface area contributed by atoms with Gasteiger partial charge in [0.25, 0.3) is 11.8 Å². The number of para-hydroxylation sites is 2. The van der Waals surface area contributed by atoms with Gasteiger partial charge in [0.2, 0.25) is 11.8 Å². The van der Waals surface area contributed by atoms with Crippen molar-refractivity contribution in [2.24, 2.45) is 11.8 Å². The SMILES string of the molecule is CCCCCCCc1cccc(C(=O)NNC(=O)C(CC)CCCCC(CC)C(=O)NNC(=O)c2cccc(CCCCCCC)c2O)c1O. The number of aryl methyl sites for hydroxylation is 2. The lowest BCUT2D eigenvalue weighted by Crippen LogP contribution is -2.44. The van der Waals surface area contributed by atoms with Crippen LogP contribution in [0, 0.1) is 11.8 Å². The van der Waals surface area contributed by atoms with Crippen molar-refractivity contribution in [1.82, 2.24) is 21.7 Å². The van der Waals surface area contributed by atoms with Crippen LogP contribution in [-0.4, -0.2) is 33.8 Å². The zero-order valence-corrected chi connectivity index (χ0v) is 30.9. The molecule has 50 heavy (non-hydrogen) atoms. The lowest BCUT2D eigenvalue weighted by atomic mass is 9.94. The van der Waals surface area contributed by atoms with Gasteiger partial charge in [-0.3, -0.25) is 40.9 Å². The Hall–Kier alpha value is -4.08. The number of unbranched alkanes of at least 4 members (excludes halogenated alkanes) is 9. The minimum absolute atomic E-state index is 0.0493. The van der Waals surface area contributed by atoms with E-state index < -0.39 is 11.8 Å². The molecule has 0 bridgehead atoms. The molecule has 0 aliphatic carbocycles. The van der Waals surface area contributed by atoms with Gasteiger partial charge in [-0.15, -0.1) is 0 Å². The molecule has 2 rings (SSSR count). The Bertz CT molecular complexity index is 1250. The molecule has 0 spiro atoms. The molecular weight excluding hydrogens is 632 g/mol. The highest BCUT2D eigenvalue weighted by molar-refractivity contribution is 5.99. The van der Waals surface area contributed by atoms with Crippen LogP contribution in [0.15, 0.2) is 36.4 Å². The van der Waals surface area contributed by atoms with Crippen molar-refractivity contribution in [2.75, 3.05) is 0 Å². The Kier molecular flexibility index (Phi) is 20.3. The number of benzene rings is 2. The van der Waals surface area contributed by atoms with E-state index in [1.165, 1.54) is 12.8 Å². The number of hydrogen-bond acceptors (Lipinski definition) is 6. The van der Waals surface area contributed by atoms with Crippen LogP contribution in [0.5, 0.6) is 11.5 Å². The Labute approximate surface area is 299 Å². The van der Waals surface area contributed by atoms with E-state index in [2.05, 4.69) is 35.6 Å². The third-order valence-corrected chi connectivity index (χ3v) is 9.51. The summed E-state index contributed by atoms with van der Waals surface area (Å²) in [4.78, 5) is 51.3. The van der Waals surface area contributed by atoms with E-state index in [4.69, 9.17) is 0 Å². The lowest BCUT2D eigenvalue weighted by Gasteiger charge is -2.18. The molecule has 4 amide bonds. The summed E-state index contributed by atoms with van der Waals surface area (Å²) in [5.74, 6) is -2.49. The maximum atomic E-state index is 12.9. The third-order valence-electron chi connectivity index (χ3n) is 9.51. The van der Waals surface area contributed by atoms with Gasteiger partial charge >= 0.3 is 0 Å². The summed E-state index contributed by atoms with van der Waals surface area (Å²) >= 11 is 0. The van der Waals surface area contributed by atoms with Gasteiger partial charge in [0.15, 0.2) is 0 Å². The normalized spacial score (nSPS) is 12.2. The summed E-state index contributed by atoms with van der Waals surface area (Å²) in [6.45, 7) is 8.15. The van der Waals surface area contributed by atoms with Gasteiger partial charge in [-0.05, 0) is 74.6 Å². The second-order valence-corrected chi connectivity index (χ2v) is 13.3. The number of carbonyl (C=O) groups excluding carboxylic acids is 4. The summed E-state index contributed by atoms with van der Waals surface area (Å²) in [7, 11) is 0. The second-order valence-electron chi connectivity index (χ2n) is 13.3. The van der Waals surface area contributed by atoms with Gasteiger partial charge in [-0.2, -0.15) is 0 Å². The number of rotatable bonds is 23. The summed E-state index contributed by atoms with van der Waals surface area (Å²) in [6, 6.07) is 10.2. The van der Waals surface area contributed by atoms with Crippen molar-refractivity contribution in [3.63, 3.8) is 0 Å². The first-order valence-electron chi connectivity index (χ1n) is 19.0. The number of aromatic hydroxyl groups is 2. The van der Waals surface area contributed by atoms with Crippen molar-refractivity contribution < 1.29 is 29.4 Å². The monoisotopic (exact) mass is 694 g/mol. The van der Waals surface area contributed by atoms with Gasteiger partial charge in [-0.1, -0.05) is 116 Å². The highest BCUT2D eigenvalue weighted by atomic mass is 16.3. The quantitative estimate of drug-likeness (QED) is 0.0512. The van der Waals surface area contributed by atoms with Crippen LogP contribution in [0.3, 0.4) is 0 Å². The van der Waals surface area contributed by atoms with Gasteiger partial charge in [0.1, 0.15) is 11.5 Å². The molecule has 0 aliphatic heterocycles. The van der Waals surface area contributed by atoms with Gasteiger partial charge in [0, 0.05) is 11.8 Å². The molecule has 10 heteroatoms. The number of hydrazine groups is 2. The molecule has 2 unspecified atom stereocenters. The lowest BCUT2D eigenvalue weighted by molar-refractivity contribution is -0.127. The summed E-state index contributed by atoms with van der Waals surface area (Å²) in [5, 5.41) is 21.4. The van der Waals surface area contributed by atoms with E-state index in [0.717, 1.165) is 62.5 Å². The van der Waals surface area contributed by atoms with E-state index in [0.29, 0.717) is 51.4 Å². The topological polar surface area (TPSA) is 157 Å². The predicted octanol–water partition coefficient (Wildman–Crippen LogP) is 7.96. The first-order chi connectivity index (χ1) is 24.2. The van der Waals surface area contributed by atoms with Crippen molar-refractivity contribution in [3.8, 4) is 11.5 Å². The molecule has 2 aromatic rings. The molecule has 2 aromatic carbocycles. The third kappa shape index (κ3) is 14.4. The van der Waals surface area contributed by atoms with Crippen molar-refractivity contribution in [1.29, 1.82) is 0 Å². The van der Waals surface area contributed by atoms with E-state index in [9.17, 15) is 29.4 Å². The van der Waals surface area contributed by atoms with Gasteiger partial charge in [0.05, 0.1) is 11.1 Å². The Balaban J connectivity index is 1.77. The van der Waals surface area contributed by atoms with Crippen LogP contribution in [0.2, 0.25) is 0 Å². The fourth-order valence-corrected chi connectivity index (χ4v) is 6.19. The number of amides is 4. The molecule has 0 radical (unpaired) electrons. The molecule has 0 heterocycles. The summed E-state index contributed by atoms with van der Waals surface area (Å²) < 4.78 is 0. The minimum atomic E-state index is -0.567. The van der Waals surface area contributed by atoms with E-state index >= 15 is 0 Å². The maximum absolute atomic E-state index is 12.9. The zero-order valence-electron chi connectivity index (χ0n) is 30.9. The van der Waals surface area contributed by atoms with E-state index in [1.54, 1.807) is 24.3 Å². The first-order valence-corrected chi connectivity index (χ1v) is 19.0. The van der Waals surface area contributed by atoms with E-state index in [-0.39, 0.29) is 46.3 Å². The minimum Gasteiger partial charge on any atom is -0.507 e. The fourth-order valence-electron chi connectivity index (χ4n) is 6.19. The summed E-state index contributed by atoms with van der Waals surface area (Å²) in [5.41, 5.74) is 11.6. The number of hydrogen-bond donors (Lipinski definition) is 6. The summed E-state index contributed by atoms with van der Waals surface area (Å²) in [6.07, 6.45) is 16.1. The molecule has 0 aliphatic rings. The molecule has 0 fully saturated rings. The highest BCUT2D eigenvalue weighted by Crippen LogP contribution is 2.26. The predicted molar refractivity (Wildman–Crippen MR) is 198 cm³/mol. The first kappa shape index (κ1) is 42.1. The highest BCUT2D eigenvalue weighted by Gasteiger charge is 2.22. The van der Waals surface area contributed by atoms with Crippen molar-refractivity contribution >= 4 is 23.6 Å². The Morgan fingerprint density at radius 1 is 0.520 bits per heavy atom. The van der Waals surface area contributed by atoms with Crippen LogP contribution in [0.1, 0.15) is 162 Å². The van der Waals surface area contributed by atoms with Crippen LogP contribution in [0.4, 0.5) is 0 Å². The molecule has 2 atom stereocenters. The van der Waals surface area contributed by atoms with Crippen molar-refractivity contribution in [3.05, 3.63) is 58.7 Å². The van der Waals surface area contributed by atoms with Crippen LogP contribution < -0.4 is 21.7 Å². The largest absolute Gasteiger partial charge is 0.507 e. The van der Waals surface area contributed by atoms with E-state index in [1.807, 2.05) is 26.0 Å². The maximum Gasteiger partial charge on any atom is 0.273 e. The molecule has 0 saturated heterocycles. The van der Waals surface area contributed by atoms with Gasteiger partial charge < -0.3 is 10.2 Å². The molecule has 0 aromatic heterocycles. The van der Waals surface area contributed by atoms with Crippen LogP contribution in [0.25, 0.3) is 0 Å². The number of carbonyl (C=O) groups is 4. The molecule has 10 nitrogen and oxygen atoms in total. The fraction of sp³-hybridized carbons (Fsp3) is 0.600. The molecule has 278 valence electrons. The number of phenols is 2. The average molecular weight is 695 g/mol. The van der Waals surface area contributed by atoms with Gasteiger partial charge in [-0.25, -0.2) is 0 Å². The smallest absolute Gasteiger partial charge is 0.273 e. The standard InChI is InChI=1S/C40H62N4O6/c1-5-9-11-13-15-23-31-25-19-27-33(35(31)45)39(49)43-41-37(47)29(7-3)21-17-18-22-30(8-4)38(48)42-44-40(50)34-28-20-26-32(36(34)46)24-16-14-12-10-6-2/h19-20,25-30,45-46H,5-18,21-24H2,1-4H3,(H,41,47)(H,42,48)(H,43,49)(H,44,50). The average Bonchev–Trinajstić information content (AvgIpc) is 3.12. The molecular formula is C40H62N4O6. The molecule has 0 saturated carbocycles. The second kappa shape index (κ2) is 24.1. The Morgan fingerprint density at radius 2 is 0.900 bits per heavy atom. The number of nitrogens with one attached hydrogen (secondary N) is 4. The molecule has 6 N–H and O–H groups in total. The van der Waals surface area contributed by atoms with Crippen LogP contribution in [-0.2, 0) is 22.4 Å². The number of phenolic OH excluding ortho intramolecular Hbond substituents is 2. The zero-order chi connectivity index (χ0) is 36.7. The van der Waals surface area contributed by atoms with Crippen molar-refractivity contribution in [2.45, 2.75) is 143 Å².